The SMILES string of the molecule is COc1cc(NC(=O)c2ccc(Nc3ccc4c(c3)c(C)c(C)n4CC(C)CN3CCN(C)CC3)cc2)cc(OC)c1-c1ccncc1. The Kier molecular flexibility index (Phi) is 9.98. The van der Waals surface area contributed by atoms with Gasteiger partial charge in [-0.15, -0.1) is 0 Å². The van der Waals surface area contributed by atoms with Gasteiger partial charge in [0.05, 0.1) is 19.8 Å². The fourth-order valence-electron chi connectivity index (χ4n) is 6.67. The molecule has 0 bridgehead atoms. The topological polar surface area (TPSA) is 83.9 Å². The maximum absolute atomic E-state index is 13.2. The van der Waals surface area contributed by atoms with E-state index in [0.717, 1.165) is 61.8 Å². The van der Waals surface area contributed by atoms with E-state index < -0.39 is 0 Å². The van der Waals surface area contributed by atoms with Crippen LogP contribution in [0.1, 0.15) is 28.5 Å². The Hall–Kier alpha value is -4.86. The number of carbonyl (C=O) groups excluding carboxylic acids is 1. The van der Waals surface area contributed by atoms with E-state index in [9.17, 15) is 4.79 Å². The van der Waals surface area contributed by atoms with Crippen molar-refractivity contribution in [2.45, 2.75) is 27.3 Å². The molecule has 9 nitrogen and oxygen atoms in total. The van der Waals surface area contributed by atoms with Gasteiger partial charge in [-0.3, -0.25) is 9.78 Å². The van der Waals surface area contributed by atoms with E-state index in [1.807, 2.05) is 36.4 Å². The number of pyridine rings is 1. The van der Waals surface area contributed by atoms with Gasteiger partial charge in [0.1, 0.15) is 11.5 Å². The van der Waals surface area contributed by atoms with E-state index in [1.54, 1.807) is 38.7 Å². The third-order valence-electron chi connectivity index (χ3n) is 9.47. The van der Waals surface area contributed by atoms with Crippen molar-refractivity contribution in [3.05, 3.63) is 95.9 Å². The number of nitrogens with zero attached hydrogens (tertiary/aromatic N) is 4. The molecular weight excluding hydrogens is 600 g/mol. The predicted octanol–water partition coefficient (Wildman–Crippen LogP) is 7.22. The molecule has 2 aromatic heterocycles. The summed E-state index contributed by atoms with van der Waals surface area (Å²) in [6.07, 6.45) is 3.44. The van der Waals surface area contributed by atoms with Crippen LogP contribution in [0, 0.1) is 19.8 Å². The van der Waals surface area contributed by atoms with E-state index in [-0.39, 0.29) is 5.91 Å². The van der Waals surface area contributed by atoms with Crippen LogP contribution in [0.4, 0.5) is 17.1 Å². The number of carbonyl (C=O) groups is 1. The van der Waals surface area contributed by atoms with Crippen molar-refractivity contribution in [2.75, 3.05) is 64.6 Å². The second kappa shape index (κ2) is 14.5. The monoisotopic (exact) mass is 646 g/mol. The minimum Gasteiger partial charge on any atom is -0.496 e. The first kappa shape index (κ1) is 33.1. The molecule has 0 aliphatic carbocycles. The highest BCUT2D eigenvalue weighted by atomic mass is 16.5. The van der Waals surface area contributed by atoms with Gasteiger partial charge in [0.25, 0.3) is 5.91 Å². The molecule has 1 atom stereocenters. The average molecular weight is 647 g/mol. The third kappa shape index (κ3) is 7.17. The number of rotatable bonds is 11. The first-order valence-corrected chi connectivity index (χ1v) is 16.6. The van der Waals surface area contributed by atoms with Gasteiger partial charge in [-0.1, -0.05) is 6.92 Å². The lowest BCUT2D eigenvalue weighted by Gasteiger charge is -2.34. The summed E-state index contributed by atoms with van der Waals surface area (Å²) in [4.78, 5) is 22.3. The number of nitrogens with one attached hydrogen (secondary N) is 2. The Bertz CT molecular complexity index is 1850. The van der Waals surface area contributed by atoms with Crippen LogP contribution in [-0.4, -0.2) is 79.2 Å². The standard InChI is InChI=1S/C39H46N6O3/c1-26(24-44-19-17-43(4)18-20-44)25-45-28(3)27(2)34-21-32(11-12-35(34)45)41-31-9-7-30(8-10-31)39(46)42-33-22-36(47-5)38(37(23-33)48-6)29-13-15-40-16-14-29/h7-16,21-23,26,41H,17-20,24-25H2,1-6H3,(H,42,46). The smallest absolute Gasteiger partial charge is 0.255 e. The molecule has 1 amide bonds. The number of hydrogen-bond acceptors (Lipinski definition) is 7. The molecule has 9 heteroatoms. The summed E-state index contributed by atoms with van der Waals surface area (Å²) < 4.78 is 13.8. The molecule has 3 heterocycles. The van der Waals surface area contributed by atoms with Crippen LogP contribution in [0.2, 0.25) is 0 Å². The minimum absolute atomic E-state index is 0.224. The van der Waals surface area contributed by atoms with Crippen LogP contribution < -0.4 is 20.1 Å². The van der Waals surface area contributed by atoms with Crippen LogP contribution in [0.3, 0.4) is 0 Å². The van der Waals surface area contributed by atoms with Crippen molar-refractivity contribution in [1.82, 2.24) is 19.4 Å². The number of fused-ring (bicyclic) bond motifs is 1. The molecule has 1 unspecified atom stereocenters. The molecule has 1 aliphatic rings. The second-order valence-electron chi connectivity index (χ2n) is 12.9. The first-order chi connectivity index (χ1) is 23.2. The van der Waals surface area contributed by atoms with Crippen molar-refractivity contribution in [3.8, 4) is 22.6 Å². The van der Waals surface area contributed by atoms with Gasteiger partial charge in [0.15, 0.2) is 0 Å². The summed E-state index contributed by atoms with van der Waals surface area (Å²) >= 11 is 0. The van der Waals surface area contributed by atoms with Gasteiger partial charge in [-0.2, -0.15) is 0 Å². The van der Waals surface area contributed by atoms with E-state index in [1.165, 1.54) is 22.2 Å². The van der Waals surface area contributed by atoms with E-state index in [2.05, 4.69) is 76.0 Å². The van der Waals surface area contributed by atoms with Crippen molar-refractivity contribution < 1.29 is 14.3 Å². The summed E-state index contributed by atoms with van der Waals surface area (Å²) in [5.41, 5.74) is 8.66. The molecule has 0 spiro atoms. The normalized spacial score (nSPS) is 14.5. The molecule has 1 saturated heterocycles. The highest BCUT2D eigenvalue weighted by Crippen LogP contribution is 2.41. The van der Waals surface area contributed by atoms with Gasteiger partial charge in [0.2, 0.25) is 0 Å². The van der Waals surface area contributed by atoms with E-state index in [0.29, 0.717) is 28.7 Å². The van der Waals surface area contributed by atoms with Crippen LogP contribution >= 0.6 is 0 Å². The molecule has 3 aromatic carbocycles. The van der Waals surface area contributed by atoms with Crippen LogP contribution in [0.5, 0.6) is 11.5 Å². The van der Waals surface area contributed by atoms with Crippen LogP contribution in [0.15, 0.2) is 79.1 Å². The van der Waals surface area contributed by atoms with Gasteiger partial charge in [-0.05, 0) is 92.5 Å². The van der Waals surface area contributed by atoms with Crippen molar-refractivity contribution in [2.24, 2.45) is 5.92 Å². The average Bonchev–Trinajstić information content (AvgIpc) is 3.33. The lowest BCUT2D eigenvalue weighted by atomic mass is 10.0. The Morgan fingerprint density at radius 1 is 0.833 bits per heavy atom. The highest BCUT2D eigenvalue weighted by molar-refractivity contribution is 6.05. The molecule has 6 rings (SSSR count). The lowest BCUT2D eigenvalue weighted by molar-refractivity contribution is 0.102. The molecule has 5 aromatic rings. The Morgan fingerprint density at radius 2 is 1.48 bits per heavy atom. The number of aromatic nitrogens is 2. The zero-order chi connectivity index (χ0) is 33.8. The first-order valence-electron chi connectivity index (χ1n) is 16.6. The number of amides is 1. The molecule has 1 aliphatic heterocycles. The largest absolute Gasteiger partial charge is 0.496 e. The summed E-state index contributed by atoms with van der Waals surface area (Å²) in [5.74, 6) is 1.52. The third-order valence-corrected chi connectivity index (χ3v) is 9.47. The quantitative estimate of drug-likeness (QED) is 0.157. The maximum atomic E-state index is 13.2. The van der Waals surface area contributed by atoms with Gasteiger partial charge in [0, 0.05) is 103 Å². The molecule has 1 fully saturated rings. The summed E-state index contributed by atoms with van der Waals surface area (Å²) in [6.45, 7) is 13.5. The van der Waals surface area contributed by atoms with Gasteiger partial charge < -0.3 is 34.5 Å². The van der Waals surface area contributed by atoms with Crippen molar-refractivity contribution >= 4 is 33.9 Å². The lowest BCUT2D eigenvalue weighted by Crippen LogP contribution is -2.46. The highest BCUT2D eigenvalue weighted by Gasteiger charge is 2.20. The van der Waals surface area contributed by atoms with Crippen LogP contribution in [-0.2, 0) is 6.54 Å². The molecule has 48 heavy (non-hydrogen) atoms. The fraction of sp³-hybridized carbons (Fsp3) is 0.333. The fourth-order valence-corrected chi connectivity index (χ4v) is 6.67. The van der Waals surface area contributed by atoms with E-state index >= 15 is 0 Å². The zero-order valence-electron chi connectivity index (χ0n) is 28.8. The Balaban J connectivity index is 1.12. The zero-order valence-corrected chi connectivity index (χ0v) is 28.8. The number of likely N-dealkylation sites (N-methyl/N-ethyl adjacent to an activating group) is 1. The predicted molar refractivity (Wildman–Crippen MR) is 195 cm³/mol. The number of ether oxygens (including phenoxy) is 2. The maximum Gasteiger partial charge on any atom is 0.255 e. The number of aryl methyl sites for hydroxylation is 1. The number of piperazine rings is 1. The van der Waals surface area contributed by atoms with Gasteiger partial charge in [-0.25, -0.2) is 0 Å². The summed E-state index contributed by atoms with van der Waals surface area (Å²) in [6, 6.07) is 21.5. The molecule has 0 radical (unpaired) electrons. The molecule has 0 saturated carbocycles. The summed E-state index contributed by atoms with van der Waals surface area (Å²) in [5, 5.41) is 7.78. The Morgan fingerprint density at radius 3 is 2.12 bits per heavy atom. The Labute approximate surface area is 283 Å². The van der Waals surface area contributed by atoms with Crippen LogP contribution in [0.25, 0.3) is 22.0 Å². The molecule has 2 N–H and O–H groups in total. The van der Waals surface area contributed by atoms with E-state index in [4.69, 9.17) is 9.47 Å². The minimum atomic E-state index is -0.224. The molecule has 250 valence electrons. The summed E-state index contributed by atoms with van der Waals surface area (Å²) in [7, 11) is 5.41. The van der Waals surface area contributed by atoms with Crippen molar-refractivity contribution in [3.63, 3.8) is 0 Å². The van der Waals surface area contributed by atoms with Crippen molar-refractivity contribution in [1.29, 1.82) is 0 Å². The molecular formula is C39H46N6O3. The second-order valence-corrected chi connectivity index (χ2v) is 12.9. The number of hydrogen-bond donors (Lipinski definition) is 2. The number of anilines is 3. The number of methoxy groups -OCH3 is 2. The number of benzene rings is 3. The van der Waals surface area contributed by atoms with Gasteiger partial charge >= 0.3 is 0 Å².